The van der Waals surface area contributed by atoms with Gasteiger partial charge in [0, 0.05) is 13.7 Å². The predicted octanol–water partition coefficient (Wildman–Crippen LogP) is 2.07. The van der Waals surface area contributed by atoms with E-state index in [0.29, 0.717) is 5.92 Å². The minimum Gasteiger partial charge on any atom is -0.384 e. The van der Waals surface area contributed by atoms with Crippen molar-refractivity contribution in [3.63, 3.8) is 0 Å². The summed E-state index contributed by atoms with van der Waals surface area (Å²) >= 11 is 0. The second-order valence-corrected chi connectivity index (χ2v) is 3.91. The lowest BCUT2D eigenvalue weighted by molar-refractivity contribution is 0.176. The summed E-state index contributed by atoms with van der Waals surface area (Å²) in [5.41, 5.74) is 0. The van der Waals surface area contributed by atoms with Gasteiger partial charge in [-0.2, -0.15) is 0 Å². The van der Waals surface area contributed by atoms with E-state index in [9.17, 15) is 0 Å². The summed E-state index contributed by atoms with van der Waals surface area (Å²) in [7, 11) is 1.74. The highest BCUT2D eigenvalue weighted by atomic mass is 16.5. The van der Waals surface area contributed by atoms with Crippen LogP contribution in [0.1, 0.15) is 20.8 Å². The van der Waals surface area contributed by atoms with Crippen LogP contribution in [0.5, 0.6) is 0 Å². The molecule has 1 unspecified atom stereocenters. The topological polar surface area (TPSA) is 21.3 Å². The van der Waals surface area contributed by atoms with E-state index in [1.165, 1.54) is 0 Å². The van der Waals surface area contributed by atoms with Crippen molar-refractivity contribution in [3.8, 4) is 0 Å². The van der Waals surface area contributed by atoms with Crippen LogP contribution in [0.15, 0.2) is 12.2 Å². The van der Waals surface area contributed by atoms with Crippen molar-refractivity contribution < 1.29 is 4.74 Å². The molecule has 0 fully saturated rings. The predicted molar refractivity (Wildman–Crippen MR) is 57.9 cm³/mol. The minimum absolute atomic E-state index is 0.519. The third-order valence-corrected chi connectivity index (χ3v) is 1.71. The minimum atomic E-state index is 0.519. The maximum absolute atomic E-state index is 5.03. The summed E-state index contributed by atoms with van der Waals surface area (Å²) < 4.78 is 5.03. The lowest BCUT2D eigenvalue weighted by Gasteiger charge is -2.05. The zero-order valence-electron chi connectivity index (χ0n) is 9.34. The second-order valence-electron chi connectivity index (χ2n) is 3.91. The maximum Gasteiger partial charge on any atom is 0.0522 e. The van der Waals surface area contributed by atoms with E-state index in [0.717, 1.165) is 25.6 Å². The highest BCUT2D eigenvalue weighted by Crippen LogP contribution is 1.96. The molecule has 0 heterocycles. The first-order valence-electron chi connectivity index (χ1n) is 5.03. The number of hydrogen-bond acceptors (Lipinski definition) is 2. The van der Waals surface area contributed by atoms with Gasteiger partial charge >= 0.3 is 0 Å². The molecule has 13 heavy (non-hydrogen) atoms. The van der Waals surface area contributed by atoms with Gasteiger partial charge < -0.3 is 10.1 Å². The van der Waals surface area contributed by atoms with E-state index in [-0.39, 0.29) is 0 Å². The Hall–Kier alpha value is -0.340. The van der Waals surface area contributed by atoms with Crippen LogP contribution in [0, 0.1) is 11.8 Å². The van der Waals surface area contributed by atoms with Crippen LogP contribution in [0.25, 0.3) is 0 Å². The van der Waals surface area contributed by atoms with Crippen LogP contribution < -0.4 is 5.32 Å². The number of rotatable bonds is 7. The zero-order valence-corrected chi connectivity index (χ0v) is 9.34. The van der Waals surface area contributed by atoms with Gasteiger partial charge in [-0.1, -0.05) is 32.9 Å². The van der Waals surface area contributed by atoms with Gasteiger partial charge in [0.25, 0.3) is 0 Å². The van der Waals surface area contributed by atoms with Crippen molar-refractivity contribution in [2.45, 2.75) is 20.8 Å². The van der Waals surface area contributed by atoms with Crippen molar-refractivity contribution >= 4 is 0 Å². The fraction of sp³-hybridized carbons (Fsp3) is 0.818. The first-order valence-corrected chi connectivity index (χ1v) is 5.03. The number of ether oxygens (including phenoxy) is 1. The summed E-state index contributed by atoms with van der Waals surface area (Å²) in [6.45, 7) is 9.44. The standard InChI is InChI=1S/C11H23NO/c1-10(2)8-12-7-5-6-11(3)9-13-4/h5-6,10-12H,7-9H2,1-4H3/b6-5+. The van der Waals surface area contributed by atoms with E-state index in [2.05, 4.69) is 38.2 Å². The number of nitrogens with one attached hydrogen (secondary N) is 1. The van der Waals surface area contributed by atoms with Gasteiger partial charge in [0.2, 0.25) is 0 Å². The average Bonchev–Trinajstić information content (AvgIpc) is 2.03. The van der Waals surface area contributed by atoms with E-state index in [1.54, 1.807) is 7.11 Å². The molecule has 0 aromatic rings. The zero-order chi connectivity index (χ0) is 10.1. The first kappa shape index (κ1) is 12.7. The molecule has 2 heteroatoms. The largest absolute Gasteiger partial charge is 0.384 e. The van der Waals surface area contributed by atoms with Gasteiger partial charge in [0.1, 0.15) is 0 Å². The second kappa shape index (κ2) is 8.27. The lowest BCUT2D eigenvalue weighted by atomic mass is 10.2. The summed E-state index contributed by atoms with van der Waals surface area (Å²) in [5.74, 6) is 1.25. The molecular formula is C11H23NO. The lowest BCUT2D eigenvalue weighted by Crippen LogP contribution is -2.19. The SMILES string of the molecule is COCC(C)/C=C/CNCC(C)C. The summed E-state index contributed by atoms with van der Waals surface area (Å²) in [5, 5.41) is 3.35. The normalized spacial score (nSPS) is 14.2. The number of methoxy groups -OCH3 is 1. The fourth-order valence-corrected chi connectivity index (χ4v) is 1.07. The van der Waals surface area contributed by atoms with Crippen LogP contribution in [-0.2, 0) is 4.74 Å². The summed E-state index contributed by atoms with van der Waals surface area (Å²) in [6, 6.07) is 0. The van der Waals surface area contributed by atoms with Crippen LogP contribution in [0.2, 0.25) is 0 Å². The third-order valence-electron chi connectivity index (χ3n) is 1.71. The third kappa shape index (κ3) is 9.57. The Morgan fingerprint density at radius 1 is 1.31 bits per heavy atom. The molecule has 0 aliphatic carbocycles. The van der Waals surface area contributed by atoms with Crippen molar-refractivity contribution in [2.24, 2.45) is 11.8 Å². The monoisotopic (exact) mass is 185 g/mol. The molecular weight excluding hydrogens is 162 g/mol. The van der Waals surface area contributed by atoms with Gasteiger partial charge in [0.15, 0.2) is 0 Å². The van der Waals surface area contributed by atoms with Gasteiger partial charge in [-0.15, -0.1) is 0 Å². The molecule has 0 bridgehead atoms. The fourth-order valence-electron chi connectivity index (χ4n) is 1.07. The molecule has 0 aliphatic heterocycles. The highest BCUT2D eigenvalue weighted by molar-refractivity contribution is 4.87. The first-order chi connectivity index (χ1) is 6.16. The van der Waals surface area contributed by atoms with E-state index in [1.807, 2.05) is 0 Å². The van der Waals surface area contributed by atoms with Crippen LogP contribution in [0.4, 0.5) is 0 Å². The van der Waals surface area contributed by atoms with E-state index in [4.69, 9.17) is 4.74 Å². The molecule has 0 spiro atoms. The molecule has 1 N–H and O–H groups in total. The Morgan fingerprint density at radius 2 is 2.00 bits per heavy atom. The molecule has 1 atom stereocenters. The van der Waals surface area contributed by atoms with Gasteiger partial charge in [-0.3, -0.25) is 0 Å². The highest BCUT2D eigenvalue weighted by Gasteiger charge is 1.93. The molecule has 78 valence electrons. The maximum atomic E-state index is 5.03. The van der Waals surface area contributed by atoms with Crippen molar-refractivity contribution in [1.29, 1.82) is 0 Å². The van der Waals surface area contributed by atoms with Crippen LogP contribution in [-0.4, -0.2) is 26.8 Å². The Bertz CT molecular complexity index is 132. The molecule has 2 nitrogen and oxygen atoms in total. The Morgan fingerprint density at radius 3 is 2.54 bits per heavy atom. The van der Waals surface area contributed by atoms with E-state index >= 15 is 0 Å². The molecule has 0 saturated carbocycles. The smallest absolute Gasteiger partial charge is 0.0522 e. The Kier molecular flexibility index (Phi) is 8.05. The van der Waals surface area contributed by atoms with Crippen molar-refractivity contribution in [2.75, 3.05) is 26.8 Å². The summed E-state index contributed by atoms with van der Waals surface area (Å²) in [6.07, 6.45) is 4.36. The van der Waals surface area contributed by atoms with E-state index < -0.39 is 0 Å². The molecule has 0 rings (SSSR count). The Labute approximate surface area is 82.4 Å². The molecule has 0 saturated heterocycles. The van der Waals surface area contributed by atoms with Crippen molar-refractivity contribution in [1.82, 2.24) is 5.32 Å². The summed E-state index contributed by atoms with van der Waals surface area (Å²) in [4.78, 5) is 0. The molecule has 0 amide bonds. The Balaban J connectivity index is 3.30. The molecule has 0 aromatic carbocycles. The quantitative estimate of drug-likeness (QED) is 0.484. The van der Waals surface area contributed by atoms with Crippen LogP contribution >= 0.6 is 0 Å². The van der Waals surface area contributed by atoms with Gasteiger partial charge in [-0.05, 0) is 18.4 Å². The average molecular weight is 185 g/mol. The van der Waals surface area contributed by atoms with Crippen molar-refractivity contribution in [3.05, 3.63) is 12.2 Å². The van der Waals surface area contributed by atoms with Gasteiger partial charge in [-0.25, -0.2) is 0 Å². The molecule has 0 aromatic heterocycles. The molecule has 0 radical (unpaired) electrons. The number of hydrogen-bond donors (Lipinski definition) is 1. The van der Waals surface area contributed by atoms with Crippen LogP contribution in [0.3, 0.4) is 0 Å². The molecule has 0 aliphatic rings. The van der Waals surface area contributed by atoms with Gasteiger partial charge in [0.05, 0.1) is 6.61 Å².